The minimum atomic E-state index is -1.07. The Morgan fingerprint density at radius 1 is 1.15 bits per heavy atom. The number of rotatable bonds is 7. The Morgan fingerprint density at radius 2 is 1.85 bits per heavy atom. The van der Waals surface area contributed by atoms with Crippen LogP contribution in [0.25, 0.3) is 5.57 Å². The van der Waals surface area contributed by atoms with Gasteiger partial charge < -0.3 is 25.1 Å². The number of carbonyl (C=O) groups is 2. The van der Waals surface area contributed by atoms with Gasteiger partial charge in [-0.05, 0) is 48.5 Å². The maximum absolute atomic E-state index is 12.5. The Balaban J connectivity index is 1.99. The highest BCUT2D eigenvalue weighted by Crippen LogP contribution is 2.50. The summed E-state index contributed by atoms with van der Waals surface area (Å²) in [5.41, 5.74) is 9.44. The number of nitrogens with two attached hydrogens (primary N) is 1. The zero-order valence-electron chi connectivity index (χ0n) is 15.7. The number of hydrogen-bond donors (Lipinski definition) is 2. The molecule has 3 N–H and O–H groups in total. The highest BCUT2D eigenvalue weighted by atomic mass is 16.5. The fourth-order valence-electron chi connectivity index (χ4n) is 3.84. The van der Waals surface area contributed by atoms with Crippen molar-refractivity contribution in [3.63, 3.8) is 0 Å². The second-order valence-electron chi connectivity index (χ2n) is 6.79. The van der Waals surface area contributed by atoms with E-state index in [-0.39, 0.29) is 18.8 Å². The van der Waals surface area contributed by atoms with Crippen LogP contribution in [0.2, 0.25) is 0 Å². The Bertz CT molecular complexity index is 798. The molecule has 146 valence electrons. The third-order valence-electron chi connectivity index (χ3n) is 5.17. The molecule has 0 amide bonds. The molecule has 0 saturated heterocycles. The van der Waals surface area contributed by atoms with Gasteiger partial charge in [0.1, 0.15) is 6.04 Å². The molecular weight excluding hydrogens is 350 g/mol. The van der Waals surface area contributed by atoms with E-state index in [2.05, 4.69) is 0 Å². The zero-order valence-corrected chi connectivity index (χ0v) is 15.7. The molecule has 27 heavy (non-hydrogen) atoms. The van der Waals surface area contributed by atoms with Crippen molar-refractivity contribution in [3.05, 3.63) is 22.8 Å². The van der Waals surface area contributed by atoms with Gasteiger partial charge in [-0.1, -0.05) is 0 Å². The van der Waals surface area contributed by atoms with Crippen molar-refractivity contribution in [2.45, 2.75) is 44.6 Å². The van der Waals surface area contributed by atoms with Crippen molar-refractivity contribution in [2.24, 2.45) is 5.73 Å². The minimum absolute atomic E-state index is 0.138. The molecule has 1 atom stereocenters. The molecular formula is C20H25NO6. The number of carboxylic acid groups (broad SMARTS) is 1. The largest absolute Gasteiger partial charge is 0.492 e. The number of aryl methyl sites for hydroxylation is 1. The zero-order chi connectivity index (χ0) is 19.6. The normalized spacial score (nSPS) is 17.1. The highest BCUT2D eigenvalue weighted by molar-refractivity contribution is 6.05. The lowest BCUT2D eigenvalue weighted by atomic mass is 9.95. The monoisotopic (exact) mass is 375 g/mol. The summed E-state index contributed by atoms with van der Waals surface area (Å²) in [6.45, 7) is 0.138. The number of carboxylic acids is 1. The van der Waals surface area contributed by atoms with E-state index in [1.807, 2.05) is 6.07 Å². The summed E-state index contributed by atoms with van der Waals surface area (Å²) in [5.74, 6) is 0.629. The second kappa shape index (κ2) is 8.00. The van der Waals surface area contributed by atoms with Crippen LogP contribution >= 0.6 is 0 Å². The van der Waals surface area contributed by atoms with E-state index in [0.717, 1.165) is 41.5 Å². The van der Waals surface area contributed by atoms with Crippen LogP contribution in [0, 0.1) is 0 Å². The predicted molar refractivity (Wildman–Crippen MR) is 99.4 cm³/mol. The Hall–Kier alpha value is -2.54. The summed E-state index contributed by atoms with van der Waals surface area (Å²) in [6, 6.07) is 0.896. The number of methoxy groups -OCH3 is 2. The Kier molecular flexibility index (Phi) is 5.70. The van der Waals surface area contributed by atoms with E-state index >= 15 is 0 Å². The molecule has 7 nitrogen and oxygen atoms in total. The van der Waals surface area contributed by atoms with Crippen molar-refractivity contribution in [1.29, 1.82) is 0 Å². The molecule has 0 bridgehead atoms. The second-order valence-corrected chi connectivity index (χ2v) is 6.79. The molecule has 3 rings (SSSR count). The van der Waals surface area contributed by atoms with Gasteiger partial charge in [0, 0.05) is 18.4 Å². The van der Waals surface area contributed by atoms with Crippen LogP contribution in [-0.4, -0.2) is 43.7 Å². The van der Waals surface area contributed by atoms with Crippen LogP contribution in [0.5, 0.6) is 17.2 Å². The lowest BCUT2D eigenvalue weighted by Gasteiger charge is -2.21. The Labute approximate surface area is 158 Å². The topological polar surface area (TPSA) is 108 Å². The standard InChI is InChI=1S/C20H25NO6/c1-25-18-16(27-9-8-14(21)20(23)24)10-11-6-7-15(22)12-4-3-5-13(12)17(11)19(18)26-2/h10,14H,3-9,21H2,1-2H3,(H,23,24). The van der Waals surface area contributed by atoms with Crippen molar-refractivity contribution >= 4 is 17.3 Å². The maximum atomic E-state index is 12.5. The maximum Gasteiger partial charge on any atom is 0.320 e. The molecule has 2 aliphatic carbocycles. The number of carbonyl (C=O) groups excluding carboxylic acids is 1. The summed E-state index contributed by atoms with van der Waals surface area (Å²) >= 11 is 0. The van der Waals surface area contributed by atoms with Gasteiger partial charge in [0.25, 0.3) is 0 Å². The molecule has 1 unspecified atom stereocenters. The number of allylic oxidation sites excluding steroid dienone is 2. The molecule has 0 aromatic heterocycles. The third-order valence-corrected chi connectivity index (χ3v) is 5.17. The van der Waals surface area contributed by atoms with Crippen LogP contribution in [0.1, 0.15) is 43.2 Å². The van der Waals surface area contributed by atoms with Crippen molar-refractivity contribution in [1.82, 2.24) is 0 Å². The summed E-state index contributed by atoms with van der Waals surface area (Å²) in [4.78, 5) is 23.4. The summed E-state index contributed by atoms with van der Waals surface area (Å²) < 4.78 is 17.0. The van der Waals surface area contributed by atoms with Gasteiger partial charge in [0.15, 0.2) is 17.3 Å². The number of Topliss-reactive ketones (excluding diaryl/α,β-unsaturated/α-hetero) is 1. The number of hydrogen-bond acceptors (Lipinski definition) is 6. The molecule has 0 fully saturated rings. The van der Waals surface area contributed by atoms with Gasteiger partial charge >= 0.3 is 5.97 Å². The third kappa shape index (κ3) is 3.64. The van der Waals surface area contributed by atoms with E-state index in [4.69, 9.17) is 25.1 Å². The van der Waals surface area contributed by atoms with Gasteiger partial charge in [0.2, 0.25) is 5.75 Å². The first kappa shape index (κ1) is 19.2. The number of benzene rings is 1. The van der Waals surface area contributed by atoms with Crippen molar-refractivity contribution < 1.29 is 28.9 Å². The lowest BCUT2D eigenvalue weighted by molar-refractivity contribution is -0.138. The first-order chi connectivity index (χ1) is 13.0. The first-order valence-electron chi connectivity index (χ1n) is 9.12. The smallest absolute Gasteiger partial charge is 0.320 e. The van der Waals surface area contributed by atoms with E-state index in [1.54, 1.807) is 7.11 Å². The molecule has 7 heteroatoms. The summed E-state index contributed by atoms with van der Waals surface area (Å²) in [7, 11) is 3.11. The van der Waals surface area contributed by atoms with E-state index in [1.165, 1.54) is 7.11 Å². The lowest BCUT2D eigenvalue weighted by Crippen LogP contribution is -2.31. The summed E-state index contributed by atoms with van der Waals surface area (Å²) in [6.07, 6.45) is 3.86. The highest BCUT2D eigenvalue weighted by Gasteiger charge is 2.31. The molecule has 0 saturated carbocycles. The van der Waals surface area contributed by atoms with Crippen molar-refractivity contribution in [2.75, 3.05) is 20.8 Å². The molecule has 2 aliphatic rings. The molecule has 0 spiro atoms. The molecule has 1 aromatic rings. The van der Waals surface area contributed by atoms with Gasteiger partial charge in [-0.15, -0.1) is 0 Å². The Morgan fingerprint density at radius 3 is 2.52 bits per heavy atom. The number of aliphatic carboxylic acids is 1. The van der Waals surface area contributed by atoms with Gasteiger partial charge in [-0.3, -0.25) is 9.59 Å². The molecule has 0 heterocycles. The fourth-order valence-corrected chi connectivity index (χ4v) is 3.84. The van der Waals surface area contributed by atoms with E-state index in [0.29, 0.717) is 30.1 Å². The van der Waals surface area contributed by atoms with Gasteiger partial charge in [-0.25, -0.2) is 0 Å². The molecule has 1 aromatic carbocycles. The van der Waals surface area contributed by atoms with Crippen LogP contribution in [0.4, 0.5) is 0 Å². The van der Waals surface area contributed by atoms with Crippen LogP contribution in [0.3, 0.4) is 0 Å². The number of fused-ring (bicyclic) bond motifs is 2. The molecule has 0 aliphatic heterocycles. The van der Waals surface area contributed by atoms with Crippen LogP contribution in [0.15, 0.2) is 11.6 Å². The van der Waals surface area contributed by atoms with Crippen LogP contribution in [-0.2, 0) is 16.0 Å². The minimum Gasteiger partial charge on any atom is -0.492 e. The fraction of sp³-hybridized carbons (Fsp3) is 0.500. The average Bonchev–Trinajstić information content (AvgIpc) is 3.09. The SMILES string of the molecule is COc1c(OCCC(N)C(=O)O)cc2c(c1OC)C1=C(CCC1)C(=O)CC2. The van der Waals surface area contributed by atoms with Crippen LogP contribution < -0.4 is 19.9 Å². The quantitative estimate of drug-likeness (QED) is 0.753. The average molecular weight is 375 g/mol. The predicted octanol–water partition coefficient (Wildman–Crippen LogP) is 2.34. The van der Waals surface area contributed by atoms with Gasteiger partial charge in [0.05, 0.1) is 20.8 Å². The van der Waals surface area contributed by atoms with E-state index < -0.39 is 12.0 Å². The van der Waals surface area contributed by atoms with E-state index in [9.17, 15) is 9.59 Å². The molecule has 0 radical (unpaired) electrons. The summed E-state index contributed by atoms with van der Waals surface area (Å²) in [5, 5.41) is 8.90. The first-order valence-corrected chi connectivity index (χ1v) is 9.12. The number of ether oxygens (including phenoxy) is 3. The number of ketones is 1. The van der Waals surface area contributed by atoms with Gasteiger partial charge in [-0.2, -0.15) is 0 Å². The van der Waals surface area contributed by atoms with Crippen molar-refractivity contribution in [3.8, 4) is 17.2 Å².